The molecule has 0 spiro atoms. The highest BCUT2D eigenvalue weighted by Crippen LogP contribution is 2.33. The molecule has 0 bridgehead atoms. The van der Waals surface area contributed by atoms with Crippen molar-refractivity contribution in [1.82, 2.24) is 5.32 Å². The zero-order chi connectivity index (χ0) is 14.0. The van der Waals surface area contributed by atoms with Crippen molar-refractivity contribution in [1.29, 1.82) is 0 Å². The van der Waals surface area contributed by atoms with Crippen LogP contribution < -0.4 is 10.2 Å². The number of rotatable bonds is 2. The fourth-order valence-corrected chi connectivity index (χ4v) is 3.40. The second kappa shape index (κ2) is 5.81. The molecule has 0 aliphatic carbocycles. The molecule has 2 rings (SSSR count). The average molecular weight is 327 g/mol. The molecule has 1 aromatic rings. The number of benzene rings is 1. The third-order valence-electron chi connectivity index (χ3n) is 3.94. The van der Waals surface area contributed by atoms with Crippen LogP contribution in [-0.2, 0) is 0 Å². The quantitative estimate of drug-likeness (QED) is 0.877. The zero-order valence-electron chi connectivity index (χ0n) is 11.9. The van der Waals surface area contributed by atoms with E-state index < -0.39 is 0 Å². The fourth-order valence-electron chi connectivity index (χ4n) is 2.93. The monoisotopic (exact) mass is 326 g/mol. The molecule has 1 aromatic carbocycles. The van der Waals surface area contributed by atoms with Crippen LogP contribution in [0.15, 0.2) is 22.7 Å². The van der Waals surface area contributed by atoms with E-state index in [9.17, 15) is 5.11 Å². The Morgan fingerprint density at radius 3 is 2.84 bits per heavy atom. The Morgan fingerprint density at radius 2 is 2.21 bits per heavy atom. The SMILES string of the molecule is Cc1cc(Br)ccc1N1C(CO)CNCCC1(C)C. The Balaban J connectivity index is 2.45. The number of hydrogen-bond acceptors (Lipinski definition) is 3. The van der Waals surface area contributed by atoms with Gasteiger partial charge >= 0.3 is 0 Å². The minimum Gasteiger partial charge on any atom is -0.394 e. The van der Waals surface area contributed by atoms with E-state index in [1.807, 2.05) is 0 Å². The van der Waals surface area contributed by atoms with Crippen LogP contribution in [0, 0.1) is 6.92 Å². The van der Waals surface area contributed by atoms with Crippen LogP contribution in [0.3, 0.4) is 0 Å². The molecule has 0 radical (unpaired) electrons. The lowest BCUT2D eigenvalue weighted by atomic mass is 9.95. The number of aliphatic hydroxyl groups is 1. The summed E-state index contributed by atoms with van der Waals surface area (Å²) in [6.07, 6.45) is 1.07. The summed E-state index contributed by atoms with van der Waals surface area (Å²) in [5.74, 6) is 0. The van der Waals surface area contributed by atoms with Crippen molar-refractivity contribution in [2.24, 2.45) is 0 Å². The molecule has 1 aliphatic rings. The first kappa shape index (κ1) is 14.8. The largest absolute Gasteiger partial charge is 0.394 e. The van der Waals surface area contributed by atoms with Gasteiger partial charge in [0.1, 0.15) is 0 Å². The normalized spacial score (nSPS) is 23.2. The second-order valence-electron chi connectivity index (χ2n) is 5.90. The van der Waals surface area contributed by atoms with Gasteiger partial charge in [-0.2, -0.15) is 0 Å². The van der Waals surface area contributed by atoms with Gasteiger partial charge in [0.15, 0.2) is 0 Å². The molecule has 0 amide bonds. The van der Waals surface area contributed by atoms with E-state index >= 15 is 0 Å². The number of hydrogen-bond donors (Lipinski definition) is 2. The lowest BCUT2D eigenvalue weighted by Crippen LogP contribution is -2.52. The van der Waals surface area contributed by atoms with Crippen LogP contribution in [0.25, 0.3) is 0 Å². The first-order chi connectivity index (χ1) is 8.95. The third kappa shape index (κ3) is 3.12. The molecule has 1 atom stereocenters. The summed E-state index contributed by atoms with van der Waals surface area (Å²) in [5.41, 5.74) is 2.49. The van der Waals surface area contributed by atoms with Crippen LogP contribution in [0.1, 0.15) is 25.8 Å². The fraction of sp³-hybridized carbons (Fsp3) is 0.600. The van der Waals surface area contributed by atoms with Crippen molar-refractivity contribution in [3.8, 4) is 0 Å². The summed E-state index contributed by atoms with van der Waals surface area (Å²) in [5, 5.41) is 13.2. The maximum absolute atomic E-state index is 9.73. The predicted octanol–water partition coefficient (Wildman–Crippen LogP) is 2.70. The van der Waals surface area contributed by atoms with Gasteiger partial charge in [-0.25, -0.2) is 0 Å². The number of aliphatic hydroxyl groups excluding tert-OH is 1. The highest BCUT2D eigenvalue weighted by molar-refractivity contribution is 9.10. The average Bonchev–Trinajstić information content (AvgIpc) is 2.48. The van der Waals surface area contributed by atoms with Gasteiger partial charge in [0, 0.05) is 22.2 Å². The Bertz CT molecular complexity index is 448. The summed E-state index contributed by atoms with van der Waals surface area (Å²) < 4.78 is 1.10. The molecule has 1 aliphatic heterocycles. The van der Waals surface area contributed by atoms with Gasteiger partial charge in [0.25, 0.3) is 0 Å². The Kier molecular flexibility index (Phi) is 4.54. The molecular formula is C15H23BrN2O. The van der Waals surface area contributed by atoms with Gasteiger partial charge in [-0.15, -0.1) is 0 Å². The number of anilines is 1. The van der Waals surface area contributed by atoms with E-state index in [0.29, 0.717) is 0 Å². The number of nitrogens with zero attached hydrogens (tertiary/aromatic N) is 1. The van der Waals surface area contributed by atoms with Gasteiger partial charge < -0.3 is 15.3 Å². The van der Waals surface area contributed by atoms with Crippen molar-refractivity contribution in [3.63, 3.8) is 0 Å². The highest BCUT2D eigenvalue weighted by atomic mass is 79.9. The zero-order valence-corrected chi connectivity index (χ0v) is 13.5. The number of halogens is 1. The topological polar surface area (TPSA) is 35.5 Å². The number of aryl methyl sites for hydroxylation is 1. The maximum atomic E-state index is 9.73. The van der Waals surface area contributed by atoms with Crippen LogP contribution in [0.4, 0.5) is 5.69 Å². The van der Waals surface area contributed by atoms with Crippen molar-refractivity contribution in [2.45, 2.75) is 38.8 Å². The van der Waals surface area contributed by atoms with E-state index in [2.05, 4.69) is 65.1 Å². The van der Waals surface area contributed by atoms with Crippen molar-refractivity contribution in [3.05, 3.63) is 28.2 Å². The lowest BCUT2D eigenvalue weighted by molar-refractivity contribution is 0.245. The molecule has 0 saturated carbocycles. The summed E-state index contributed by atoms with van der Waals surface area (Å²) in [6, 6.07) is 6.48. The lowest BCUT2D eigenvalue weighted by Gasteiger charge is -2.44. The molecule has 2 N–H and O–H groups in total. The van der Waals surface area contributed by atoms with E-state index in [1.165, 1.54) is 11.3 Å². The minimum atomic E-state index is 0.0372. The first-order valence-electron chi connectivity index (χ1n) is 6.83. The van der Waals surface area contributed by atoms with Gasteiger partial charge in [0.05, 0.1) is 12.6 Å². The van der Waals surface area contributed by atoms with Crippen LogP contribution in [0.5, 0.6) is 0 Å². The molecule has 19 heavy (non-hydrogen) atoms. The molecule has 0 aromatic heterocycles. The summed E-state index contributed by atoms with van der Waals surface area (Å²) in [6.45, 7) is 8.63. The predicted molar refractivity (Wildman–Crippen MR) is 83.8 cm³/mol. The smallest absolute Gasteiger partial charge is 0.0651 e. The van der Waals surface area contributed by atoms with Crippen LogP contribution >= 0.6 is 15.9 Å². The molecular weight excluding hydrogens is 304 g/mol. The Labute approximate surface area is 124 Å². The summed E-state index contributed by atoms with van der Waals surface area (Å²) in [4.78, 5) is 2.38. The van der Waals surface area contributed by atoms with E-state index in [4.69, 9.17) is 0 Å². The first-order valence-corrected chi connectivity index (χ1v) is 7.62. The minimum absolute atomic E-state index is 0.0372. The van der Waals surface area contributed by atoms with E-state index in [0.717, 1.165) is 24.0 Å². The third-order valence-corrected chi connectivity index (χ3v) is 4.43. The molecule has 3 nitrogen and oxygen atoms in total. The van der Waals surface area contributed by atoms with E-state index in [-0.39, 0.29) is 18.2 Å². The highest BCUT2D eigenvalue weighted by Gasteiger charge is 2.35. The molecule has 4 heteroatoms. The summed E-state index contributed by atoms with van der Waals surface area (Å²) >= 11 is 3.52. The molecule has 1 unspecified atom stereocenters. The van der Waals surface area contributed by atoms with Gasteiger partial charge in [-0.05, 0) is 57.5 Å². The molecule has 1 saturated heterocycles. The Morgan fingerprint density at radius 1 is 1.47 bits per heavy atom. The molecule has 106 valence electrons. The standard InChI is InChI=1S/C15H23BrN2O/c1-11-8-12(16)4-5-14(11)18-13(10-19)9-17-7-6-15(18,2)3/h4-5,8,13,17,19H,6-7,9-10H2,1-3H3. The van der Waals surface area contributed by atoms with Crippen molar-refractivity contribution >= 4 is 21.6 Å². The van der Waals surface area contributed by atoms with Crippen molar-refractivity contribution in [2.75, 3.05) is 24.6 Å². The van der Waals surface area contributed by atoms with Crippen LogP contribution in [-0.4, -0.2) is 36.4 Å². The van der Waals surface area contributed by atoms with E-state index in [1.54, 1.807) is 0 Å². The van der Waals surface area contributed by atoms with Gasteiger partial charge in [0.2, 0.25) is 0 Å². The molecule has 1 heterocycles. The van der Waals surface area contributed by atoms with Gasteiger partial charge in [-0.1, -0.05) is 15.9 Å². The molecule has 1 fully saturated rings. The Hall–Kier alpha value is -0.580. The summed E-state index contributed by atoms with van der Waals surface area (Å²) in [7, 11) is 0. The maximum Gasteiger partial charge on any atom is 0.0651 e. The second-order valence-corrected chi connectivity index (χ2v) is 6.82. The van der Waals surface area contributed by atoms with Crippen LogP contribution in [0.2, 0.25) is 0 Å². The van der Waals surface area contributed by atoms with Gasteiger partial charge in [-0.3, -0.25) is 0 Å². The number of nitrogens with one attached hydrogen (secondary N) is 1. The van der Waals surface area contributed by atoms with Crippen molar-refractivity contribution < 1.29 is 5.11 Å².